The van der Waals surface area contributed by atoms with Gasteiger partial charge in [0.15, 0.2) is 0 Å². The quantitative estimate of drug-likeness (QED) is 0.416. The summed E-state index contributed by atoms with van der Waals surface area (Å²) in [7, 11) is 0. The summed E-state index contributed by atoms with van der Waals surface area (Å²) in [6.07, 6.45) is 0. The van der Waals surface area contributed by atoms with E-state index in [4.69, 9.17) is 21.1 Å². The van der Waals surface area contributed by atoms with E-state index < -0.39 is 5.97 Å². The summed E-state index contributed by atoms with van der Waals surface area (Å²) < 4.78 is 5.98. The van der Waals surface area contributed by atoms with Gasteiger partial charge < -0.3 is 14.8 Å². The van der Waals surface area contributed by atoms with E-state index in [1.165, 1.54) is 0 Å². The highest BCUT2D eigenvalue weighted by atomic mass is 35.5. The van der Waals surface area contributed by atoms with E-state index in [0.717, 1.165) is 27.8 Å². The lowest BCUT2D eigenvalue weighted by Gasteiger charge is -2.09. The third kappa shape index (κ3) is 4.50. The molecule has 0 unspecified atom stereocenters. The summed E-state index contributed by atoms with van der Waals surface area (Å²) in [5.41, 5.74) is 5.47. The van der Waals surface area contributed by atoms with Crippen LogP contribution in [0.3, 0.4) is 0 Å². The van der Waals surface area contributed by atoms with E-state index in [-0.39, 0.29) is 6.54 Å². The van der Waals surface area contributed by atoms with Crippen molar-refractivity contribution in [1.29, 1.82) is 0 Å². The summed E-state index contributed by atoms with van der Waals surface area (Å²) in [6.45, 7) is 2.20. The average Bonchev–Trinajstić information content (AvgIpc) is 3.25. The highest BCUT2D eigenvalue weighted by molar-refractivity contribution is 6.33. The van der Waals surface area contributed by atoms with Crippen LogP contribution in [0.25, 0.3) is 34.0 Å². The van der Waals surface area contributed by atoms with Gasteiger partial charge in [-0.1, -0.05) is 66.2 Å². The molecule has 7 heteroatoms. The molecule has 0 spiro atoms. The van der Waals surface area contributed by atoms with Gasteiger partial charge in [0.2, 0.25) is 11.8 Å². The van der Waals surface area contributed by atoms with Crippen molar-refractivity contribution in [1.82, 2.24) is 15.5 Å². The van der Waals surface area contributed by atoms with Crippen LogP contribution in [-0.2, 0) is 11.3 Å². The van der Waals surface area contributed by atoms with Crippen molar-refractivity contribution < 1.29 is 14.3 Å². The molecule has 0 amide bonds. The number of carbonyl (C=O) groups is 1. The lowest BCUT2D eigenvalue weighted by atomic mass is 9.96. The normalized spacial score (nSPS) is 10.9. The summed E-state index contributed by atoms with van der Waals surface area (Å²) in [6, 6.07) is 21.6. The molecule has 0 saturated carbocycles. The fourth-order valence-corrected chi connectivity index (χ4v) is 3.70. The SMILES string of the molecule is Cc1c(-c2ccccc2)cccc1-c1nnc(-c2cccc(CNCC(=O)O)c2Cl)o1. The fraction of sp³-hybridized carbons (Fsp3) is 0.125. The Morgan fingerprint density at radius 1 is 0.935 bits per heavy atom. The van der Waals surface area contributed by atoms with E-state index in [0.29, 0.717) is 28.9 Å². The minimum Gasteiger partial charge on any atom is -0.480 e. The number of nitrogens with zero attached hydrogens (tertiary/aromatic N) is 2. The molecule has 0 aliphatic carbocycles. The molecule has 3 aromatic carbocycles. The zero-order chi connectivity index (χ0) is 21.8. The number of rotatable bonds is 7. The van der Waals surface area contributed by atoms with Crippen LogP contribution in [0, 0.1) is 6.92 Å². The van der Waals surface area contributed by atoms with Crippen molar-refractivity contribution in [3.63, 3.8) is 0 Å². The van der Waals surface area contributed by atoms with Gasteiger partial charge in [0.05, 0.1) is 17.1 Å². The number of benzene rings is 3. The molecule has 0 atom stereocenters. The summed E-state index contributed by atoms with van der Waals surface area (Å²) in [5, 5.41) is 20.5. The largest absolute Gasteiger partial charge is 0.480 e. The van der Waals surface area contributed by atoms with Crippen LogP contribution >= 0.6 is 11.6 Å². The minimum atomic E-state index is -0.929. The van der Waals surface area contributed by atoms with Crippen molar-refractivity contribution in [3.8, 4) is 34.0 Å². The molecule has 1 heterocycles. The Kier molecular flexibility index (Phi) is 6.11. The lowest BCUT2D eigenvalue weighted by molar-refractivity contribution is -0.135. The molecule has 4 aromatic rings. The third-order valence-electron chi connectivity index (χ3n) is 4.97. The Balaban J connectivity index is 1.65. The van der Waals surface area contributed by atoms with Gasteiger partial charge in [-0.05, 0) is 41.3 Å². The standard InChI is InChI=1S/C24H20ClN3O3/c1-15-18(16-7-3-2-4-8-16)10-6-11-19(15)23-27-28-24(31-23)20-12-5-9-17(22(20)25)13-26-14-21(29)30/h2-12,26H,13-14H2,1H3,(H,29,30). The van der Waals surface area contributed by atoms with E-state index >= 15 is 0 Å². The monoisotopic (exact) mass is 433 g/mol. The molecule has 156 valence electrons. The van der Waals surface area contributed by atoms with E-state index in [9.17, 15) is 4.79 Å². The molecule has 1 aromatic heterocycles. The molecule has 4 rings (SSSR count). The van der Waals surface area contributed by atoms with Gasteiger partial charge in [-0.15, -0.1) is 10.2 Å². The number of nitrogens with one attached hydrogen (secondary N) is 1. The van der Waals surface area contributed by atoms with Crippen molar-refractivity contribution >= 4 is 17.6 Å². The number of halogens is 1. The maximum atomic E-state index is 10.7. The summed E-state index contributed by atoms with van der Waals surface area (Å²) in [4.78, 5) is 10.7. The molecule has 0 bridgehead atoms. The molecule has 0 radical (unpaired) electrons. The first-order valence-electron chi connectivity index (χ1n) is 9.74. The van der Waals surface area contributed by atoms with Crippen LogP contribution in [0.4, 0.5) is 0 Å². The highest BCUT2D eigenvalue weighted by Crippen LogP contribution is 2.34. The maximum absolute atomic E-state index is 10.7. The zero-order valence-corrected chi connectivity index (χ0v) is 17.6. The second-order valence-corrected chi connectivity index (χ2v) is 7.41. The van der Waals surface area contributed by atoms with Gasteiger partial charge in [0.1, 0.15) is 0 Å². The van der Waals surface area contributed by atoms with Crippen LogP contribution in [0.15, 0.2) is 71.1 Å². The van der Waals surface area contributed by atoms with Gasteiger partial charge in [0.25, 0.3) is 0 Å². The van der Waals surface area contributed by atoms with Crippen LogP contribution in [0.2, 0.25) is 5.02 Å². The Bertz CT molecular complexity index is 1220. The van der Waals surface area contributed by atoms with E-state index in [1.807, 2.05) is 49.4 Å². The minimum absolute atomic E-state index is 0.151. The summed E-state index contributed by atoms with van der Waals surface area (Å²) in [5.74, 6) is -0.206. The summed E-state index contributed by atoms with van der Waals surface area (Å²) >= 11 is 6.54. The Morgan fingerprint density at radius 2 is 1.58 bits per heavy atom. The molecular weight excluding hydrogens is 414 g/mol. The number of aliphatic carboxylic acids is 1. The first-order valence-corrected chi connectivity index (χ1v) is 10.1. The molecule has 0 saturated heterocycles. The van der Waals surface area contributed by atoms with E-state index in [2.05, 4.69) is 33.7 Å². The predicted molar refractivity (Wildman–Crippen MR) is 120 cm³/mol. The molecule has 0 aliphatic heterocycles. The van der Waals surface area contributed by atoms with Crippen LogP contribution in [-0.4, -0.2) is 27.8 Å². The third-order valence-corrected chi connectivity index (χ3v) is 5.42. The van der Waals surface area contributed by atoms with Gasteiger partial charge in [-0.2, -0.15) is 0 Å². The van der Waals surface area contributed by atoms with Crippen LogP contribution < -0.4 is 5.32 Å². The molecule has 2 N–H and O–H groups in total. The van der Waals surface area contributed by atoms with Gasteiger partial charge in [0, 0.05) is 12.1 Å². The number of hydrogen-bond donors (Lipinski definition) is 2. The van der Waals surface area contributed by atoms with Crippen molar-refractivity contribution in [2.75, 3.05) is 6.54 Å². The smallest absolute Gasteiger partial charge is 0.317 e. The predicted octanol–water partition coefficient (Wildman–Crippen LogP) is 5.21. The van der Waals surface area contributed by atoms with Gasteiger partial charge in [-0.25, -0.2) is 0 Å². The molecule has 0 fully saturated rings. The number of aromatic nitrogens is 2. The number of carboxylic acids is 1. The second-order valence-electron chi connectivity index (χ2n) is 7.03. The zero-order valence-electron chi connectivity index (χ0n) is 16.8. The van der Waals surface area contributed by atoms with Gasteiger partial charge >= 0.3 is 5.97 Å². The van der Waals surface area contributed by atoms with Gasteiger partial charge in [-0.3, -0.25) is 4.79 Å². The molecular formula is C24H20ClN3O3. The second kappa shape index (κ2) is 9.12. The maximum Gasteiger partial charge on any atom is 0.317 e. The first-order chi connectivity index (χ1) is 15.0. The molecule has 6 nitrogen and oxygen atoms in total. The number of carboxylic acid groups (broad SMARTS) is 1. The topological polar surface area (TPSA) is 88.2 Å². The first kappa shape index (κ1) is 20.8. The molecule has 0 aliphatic rings. The van der Waals surface area contributed by atoms with Crippen molar-refractivity contribution in [2.24, 2.45) is 0 Å². The Hall–Kier alpha value is -3.48. The highest BCUT2D eigenvalue weighted by Gasteiger charge is 2.17. The lowest BCUT2D eigenvalue weighted by Crippen LogP contribution is -2.22. The Morgan fingerprint density at radius 3 is 2.32 bits per heavy atom. The van der Waals surface area contributed by atoms with Crippen molar-refractivity contribution in [3.05, 3.63) is 82.9 Å². The Labute approximate surface area is 184 Å². The molecule has 31 heavy (non-hydrogen) atoms. The fourth-order valence-electron chi connectivity index (χ4n) is 3.42. The van der Waals surface area contributed by atoms with Crippen molar-refractivity contribution in [2.45, 2.75) is 13.5 Å². The van der Waals surface area contributed by atoms with Crippen LogP contribution in [0.5, 0.6) is 0 Å². The van der Waals surface area contributed by atoms with Crippen LogP contribution in [0.1, 0.15) is 11.1 Å². The average molecular weight is 434 g/mol. The van der Waals surface area contributed by atoms with E-state index in [1.54, 1.807) is 6.07 Å². The number of hydrogen-bond acceptors (Lipinski definition) is 5.